The highest BCUT2D eigenvalue weighted by atomic mass is 32.2. The second-order valence-electron chi connectivity index (χ2n) is 8.87. The van der Waals surface area contributed by atoms with E-state index in [1.165, 1.54) is 15.6 Å². The first kappa shape index (κ1) is 23.9. The van der Waals surface area contributed by atoms with Gasteiger partial charge in [-0.2, -0.15) is 4.31 Å². The lowest BCUT2D eigenvalue weighted by molar-refractivity contribution is -0.140. The number of carbonyl (C=O) groups is 2. The molecule has 2 fully saturated rings. The maximum absolute atomic E-state index is 13.2. The number of benzene rings is 1. The molecule has 0 radical (unpaired) electrons. The highest BCUT2D eigenvalue weighted by Crippen LogP contribution is 2.29. The van der Waals surface area contributed by atoms with E-state index in [9.17, 15) is 18.0 Å². The fourth-order valence-electron chi connectivity index (χ4n) is 4.59. The molecule has 0 bridgehead atoms. The smallest absolute Gasteiger partial charge is 0.252 e. The lowest BCUT2D eigenvalue weighted by Crippen LogP contribution is -2.49. The number of amides is 2. The van der Waals surface area contributed by atoms with Crippen LogP contribution < -0.4 is 5.32 Å². The van der Waals surface area contributed by atoms with Crippen molar-refractivity contribution in [3.63, 3.8) is 0 Å². The van der Waals surface area contributed by atoms with Crippen LogP contribution in [-0.4, -0.2) is 55.6 Å². The molecular formula is C24H31N3O4S2. The van der Waals surface area contributed by atoms with Gasteiger partial charge in [-0.25, -0.2) is 8.42 Å². The van der Waals surface area contributed by atoms with Crippen LogP contribution in [-0.2, 0) is 26.2 Å². The molecule has 0 saturated carbocycles. The summed E-state index contributed by atoms with van der Waals surface area (Å²) in [6.07, 6.45) is 2.65. The van der Waals surface area contributed by atoms with Crippen molar-refractivity contribution in [2.45, 2.75) is 43.4 Å². The second-order valence-corrected chi connectivity index (χ2v) is 12.3. The van der Waals surface area contributed by atoms with E-state index >= 15 is 0 Å². The Balaban J connectivity index is 1.29. The molecule has 1 unspecified atom stereocenters. The van der Waals surface area contributed by atoms with Crippen molar-refractivity contribution in [3.8, 4) is 0 Å². The third-order valence-corrected chi connectivity index (χ3v) is 9.86. The number of aryl methyl sites for hydroxylation is 1. The van der Waals surface area contributed by atoms with Crippen molar-refractivity contribution in [2.24, 2.45) is 11.8 Å². The largest absolute Gasteiger partial charge is 0.352 e. The maximum Gasteiger partial charge on any atom is 0.252 e. The normalized spacial score (nSPS) is 20.5. The van der Waals surface area contributed by atoms with Gasteiger partial charge in [0.25, 0.3) is 10.0 Å². The molecule has 9 heteroatoms. The summed E-state index contributed by atoms with van der Waals surface area (Å²) in [5.74, 6) is -0.367. The number of piperidine rings is 2. The first-order valence-corrected chi connectivity index (χ1v) is 13.8. The molecule has 2 aliphatic heterocycles. The Morgan fingerprint density at radius 3 is 2.39 bits per heavy atom. The van der Waals surface area contributed by atoms with E-state index in [0.29, 0.717) is 56.1 Å². The molecule has 1 aromatic carbocycles. The average Bonchev–Trinajstić information content (AvgIpc) is 3.30. The van der Waals surface area contributed by atoms with Gasteiger partial charge in [0.2, 0.25) is 11.8 Å². The van der Waals surface area contributed by atoms with Crippen LogP contribution in [0.25, 0.3) is 0 Å². The van der Waals surface area contributed by atoms with E-state index in [4.69, 9.17) is 0 Å². The van der Waals surface area contributed by atoms with E-state index in [1.54, 1.807) is 6.07 Å². The Labute approximate surface area is 199 Å². The Kier molecular flexibility index (Phi) is 7.51. The van der Waals surface area contributed by atoms with Gasteiger partial charge in [0, 0.05) is 43.5 Å². The van der Waals surface area contributed by atoms with Crippen molar-refractivity contribution in [1.29, 1.82) is 0 Å². The van der Waals surface area contributed by atoms with Gasteiger partial charge in [0.15, 0.2) is 0 Å². The molecule has 33 heavy (non-hydrogen) atoms. The summed E-state index contributed by atoms with van der Waals surface area (Å²) in [6, 6.07) is 13.3. The van der Waals surface area contributed by atoms with E-state index in [-0.39, 0.29) is 30.2 Å². The number of nitrogens with zero attached hydrogens (tertiary/aromatic N) is 2. The number of hydrogen-bond acceptors (Lipinski definition) is 5. The first-order valence-electron chi connectivity index (χ1n) is 11.5. The summed E-state index contributed by atoms with van der Waals surface area (Å²) in [5.41, 5.74) is 1.06. The first-order chi connectivity index (χ1) is 15.8. The quantitative estimate of drug-likeness (QED) is 0.676. The molecule has 1 N–H and O–H groups in total. The molecule has 2 amide bonds. The van der Waals surface area contributed by atoms with Crippen LogP contribution in [0.5, 0.6) is 0 Å². The van der Waals surface area contributed by atoms with E-state index in [1.807, 2.05) is 48.2 Å². The van der Waals surface area contributed by atoms with E-state index < -0.39 is 10.0 Å². The van der Waals surface area contributed by atoms with Crippen molar-refractivity contribution in [3.05, 3.63) is 52.9 Å². The summed E-state index contributed by atoms with van der Waals surface area (Å²) in [7, 11) is -3.56. The summed E-state index contributed by atoms with van der Waals surface area (Å²) in [6.45, 7) is 4.15. The van der Waals surface area contributed by atoms with E-state index in [2.05, 4.69) is 5.32 Å². The Bertz CT molecular complexity index is 1080. The van der Waals surface area contributed by atoms with Crippen LogP contribution in [0.1, 0.15) is 36.1 Å². The highest BCUT2D eigenvalue weighted by molar-refractivity contribution is 7.91. The molecule has 178 valence electrons. The minimum absolute atomic E-state index is 0.0143. The standard InChI is InChI=1S/C24H31N3O4S2/c1-18-9-10-22(32-18)33(30,31)27-13-5-8-21(17-27)24(29)26-14-11-20(12-15-26)23(28)25-16-19-6-3-2-4-7-19/h2-4,6-7,9-10,20-21H,5,8,11-17H2,1H3,(H,25,28). The number of thiophene rings is 1. The zero-order valence-corrected chi connectivity index (χ0v) is 20.5. The van der Waals surface area contributed by atoms with Gasteiger partial charge in [0.1, 0.15) is 4.21 Å². The van der Waals surface area contributed by atoms with Crippen molar-refractivity contribution in [1.82, 2.24) is 14.5 Å². The lowest BCUT2D eigenvalue weighted by Gasteiger charge is -2.37. The van der Waals surface area contributed by atoms with Gasteiger partial charge >= 0.3 is 0 Å². The minimum Gasteiger partial charge on any atom is -0.352 e. The predicted molar refractivity (Wildman–Crippen MR) is 128 cm³/mol. The Morgan fingerprint density at radius 2 is 1.73 bits per heavy atom. The number of carbonyl (C=O) groups excluding carboxylic acids is 2. The minimum atomic E-state index is -3.56. The van der Waals surface area contributed by atoms with Crippen LogP contribution in [0, 0.1) is 18.8 Å². The maximum atomic E-state index is 13.2. The number of hydrogen-bond donors (Lipinski definition) is 1. The fraction of sp³-hybridized carbons (Fsp3) is 0.500. The molecular weight excluding hydrogens is 458 g/mol. The molecule has 2 saturated heterocycles. The van der Waals surface area contributed by atoms with Crippen molar-refractivity contribution < 1.29 is 18.0 Å². The predicted octanol–water partition coefficient (Wildman–Crippen LogP) is 3.01. The third kappa shape index (κ3) is 5.65. The number of sulfonamides is 1. The van der Waals surface area contributed by atoms with Gasteiger partial charge in [-0.05, 0) is 50.3 Å². The van der Waals surface area contributed by atoms with Crippen molar-refractivity contribution in [2.75, 3.05) is 26.2 Å². The molecule has 4 rings (SSSR count). The molecule has 2 aromatic rings. The molecule has 0 spiro atoms. The molecule has 1 atom stereocenters. The summed E-state index contributed by atoms with van der Waals surface area (Å²) in [4.78, 5) is 28.5. The molecule has 2 aliphatic rings. The van der Waals surface area contributed by atoms with Crippen LogP contribution >= 0.6 is 11.3 Å². The van der Waals surface area contributed by atoms with Crippen LogP contribution in [0.4, 0.5) is 0 Å². The monoisotopic (exact) mass is 489 g/mol. The van der Waals surface area contributed by atoms with Crippen molar-refractivity contribution >= 4 is 33.2 Å². The van der Waals surface area contributed by atoms with Gasteiger partial charge in [-0.3, -0.25) is 9.59 Å². The van der Waals surface area contributed by atoms with Gasteiger partial charge < -0.3 is 10.2 Å². The zero-order valence-electron chi connectivity index (χ0n) is 18.9. The van der Waals surface area contributed by atoms with Crippen LogP contribution in [0.15, 0.2) is 46.7 Å². The van der Waals surface area contributed by atoms with E-state index in [0.717, 1.165) is 10.4 Å². The molecule has 7 nitrogen and oxygen atoms in total. The molecule has 3 heterocycles. The fourth-order valence-corrected chi connectivity index (χ4v) is 7.55. The second kappa shape index (κ2) is 10.4. The summed E-state index contributed by atoms with van der Waals surface area (Å²) in [5, 5.41) is 3.00. The SMILES string of the molecule is Cc1ccc(S(=O)(=O)N2CCCC(C(=O)N3CCC(C(=O)NCc4ccccc4)CC3)C2)s1. The summed E-state index contributed by atoms with van der Waals surface area (Å²) >= 11 is 1.27. The van der Waals surface area contributed by atoms with Gasteiger partial charge in [0.05, 0.1) is 5.92 Å². The average molecular weight is 490 g/mol. The van der Waals surface area contributed by atoms with Crippen LogP contribution in [0.3, 0.4) is 0 Å². The number of likely N-dealkylation sites (tertiary alicyclic amines) is 1. The highest BCUT2D eigenvalue weighted by Gasteiger charge is 2.37. The number of nitrogens with one attached hydrogen (secondary N) is 1. The zero-order chi connectivity index (χ0) is 23.4. The topological polar surface area (TPSA) is 86.8 Å². The van der Waals surface area contributed by atoms with Gasteiger partial charge in [-0.15, -0.1) is 11.3 Å². The lowest BCUT2D eigenvalue weighted by atomic mass is 9.93. The molecule has 0 aliphatic carbocycles. The Hall–Kier alpha value is -2.23. The molecule has 1 aromatic heterocycles. The third-order valence-electron chi connectivity index (χ3n) is 6.53. The number of rotatable bonds is 6. The van der Waals surface area contributed by atoms with Crippen LogP contribution in [0.2, 0.25) is 0 Å². The Morgan fingerprint density at radius 1 is 1.00 bits per heavy atom. The summed E-state index contributed by atoms with van der Waals surface area (Å²) < 4.78 is 27.8. The van der Waals surface area contributed by atoms with Gasteiger partial charge in [-0.1, -0.05) is 30.3 Å².